The van der Waals surface area contributed by atoms with Crippen molar-refractivity contribution in [1.29, 1.82) is 0 Å². The second kappa shape index (κ2) is 11.9. The molecule has 0 saturated heterocycles. The molecule has 114 valence electrons. The van der Waals surface area contributed by atoms with E-state index in [1.54, 1.807) is 12.1 Å². The summed E-state index contributed by atoms with van der Waals surface area (Å²) >= 11 is 0. The molecule has 0 saturated carbocycles. The second-order valence-electron chi connectivity index (χ2n) is 4.12. The largest absolute Gasteiger partial charge is 0.465 e. The Kier molecular flexibility index (Phi) is 10.9. The molecule has 0 heterocycles. The highest BCUT2D eigenvalue weighted by atomic mass is 35.5. The van der Waals surface area contributed by atoms with E-state index < -0.39 is 0 Å². The fourth-order valence-corrected chi connectivity index (χ4v) is 1.53. The maximum atomic E-state index is 11.1. The summed E-state index contributed by atoms with van der Waals surface area (Å²) in [5.41, 5.74) is 1.76. The molecule has 0 aliphatic heterocycles. The van der Waals surface area contributed by atoms with Gasteiger partial charge in [0.05, 0.1) is 12.7 Å². The molecule has 1 N–H and O–H groups in total. The van der Waals surface area contributed by atoms with Crippen molar-refractivity contribution in [3.63, 3.8) is 0 Å². The number of hydrogen-bond acceptors (Lipinski definition) is 3. The highest BCUT2D eigenvalue weighted by Gasteiger charge is 2.03. The Morgan fingerprint density at radius 1 is 1.00 bits per heavy atom. The fraction of sp³-hybridized carbons (Fsp3) is 0.235. The van der Waals surface area contributed by atoms with Gasteiger partial charge >= 0.3 is 5.97 Å². The Morgan fingerprint density at radius 2 is 1.48 bits per heavy atom. The number of halogens is 1. The van der Waals surface area contributed by atoms with Gasteiger partial charge in [-0.25, -0.2) is 4.79 Å². The van der Waals surface area contributed by atoms with Gasteiger partial charge < -0.3 is 10.1 Å². The lowest BCUT2D eigenvalue weighted by Gasteiger charge is -2.03. The number of methoxy groups -OCH3 is 1. The summed E-state index contributed by atoms with van der Waals surface area (Å²) < 4.78 is 4.60. The van der Waals surface area contributed by atoms with Gasteiger partial charge in [0.1, 0.15) is 0 Å². The van der Waals surface area contributed by atoms with E-state index in [0.29, 0.717) is 5.56 Å². The maximum absolute atomic E-state index is 11.1. The number of hydrogen-bond donors (Lipinski definition) is 1. The van der Waals surface area contributed by atoms with Crippen molar-refractivity contribution in [2.45, 2.75) is 13.5 Å². The summed E-state index contributed by atoms with van der Waals surface area (Å²) in [4.78, 5) is 11.1. The van der Waals surface area contributed by atoms with Crippen LogP contribution in [0.5, 0.6) is 0 Å². The van der Waals surface area contributed by atoms with Gasteiger partial charge in [0, 0.05) is 6.54 Å². The standard InChI is InChI=1S/C11H15NO2.C6H6.ClH/c1-3-12-8-9-4-6-10(7-5-9)11(13)14-2;1-2-4-6-5-3-1;/h4-7,12H,3,8H2,1-2H3;1-6H;1H. The predicted molar refractivity (Wildman–Crippen MR) is 88.9 cm³/mol. The van der Waals surface area contributed by atoms with E-state index in [9.17, 15) is 4.79 Å². The summed E-state index contributed by atoms with van der Waals surface area (Å²) in [6.07, 6.45) is 0. The number of carbonyl (C=O) groups is 1. The lowest BCUT2D eigenvalue weighted by molar-refractivity contribution is 0.0600. The summed E-state index contributed by atoms with van der Waals surface area (Å²) in [5, 5.41) is 3.21. The van der Waals surface area contributed by atoms with Crippen LogP contribution in [0, 0.1) is 0 Å². The normalized spacial score (nSPS) is 8.86. The molecule has 0 fully saturated rings. The van der Waals surface area contributed by atoms with Crippen molar-refractivity contribution in [3.8, 4) is 0 Å². The van der Waals surface area contributed by atoms with Crippen LogP contribution < -0.4 is 5.32 Å². The smallest absolute Gasteiger partial charge is 0.337 e. The van der Waals surface area contributed by atoms with Crippen molar-refractivity contribution in [3.05, 3.63) is 71.8 Å². The molecule has 2 aromatic carbocycles. The minimum atomic E-state index is -0.292. The molecule has 0 radical (unpaired) electrons. The van der Waals surface area contributed by atoms with Gasteiger partial charge in [-0.2, -0.15) is 0 Å². The molecule has 0 atom stereocenters. The quantitative estimate of drug-likeness (QED) is 0.876. The maximum Gasteiger partial charge on any atom is 0.337 e. The average molecular weight is 308 g/mol. The number of carbonyl (C=O) groups excluding carboxylic acids is 1. The summed E-state index contributed by atoms with van der Waals surface area (Å²) in [6, 6.07) is 19.4. The lowest BCUT2D eigenvalue weighted by Crippen LogP contribution is -2.11. The zero-order chi connectivity index (χ0) is 14.6. The van der Waals surface area contributed by atoms with Crippen LogP contribution in [-0.2, 0) is 11.3 Å². The van der Waals surface area contributed by atoms with Gasteiger partial charge in [-0.15, -0.1) is 12.4 Å². The third-order valence-corrected chi connectivity index (χ3v) is 2.62. The zero-order valence-corrected chi connectivity index (χ0v) is 13.2. The third-order valence-electron chi connectivity index (χ3n) is 2.62. The van der Waals surface area contributed by atoms with E-state index in [-0.39, 0.29) is 18.4 Å². The van der Waals surface area contributed by atoms with Crippen LogP contribution in [0.3, 0.4) is 0 Å². The first-order valence-corrected chi connectivity index (χ1v) is 6.66. The topological polar surface area (TPSA) is 38.3 Å². The van der Waals surface area contributed by atoms with Crippen LogP contribution in [-0.4, -0.2) is 19.6 Å². The Labute approximate surface area is 132 Å². The Morgan fingerprint density at radius 3 is 1.86 bits per heavy atom. The first-order chi connectivity index (χ1) is 9.77. The first-order valence-electron chi connectivity index (χ1n) is 6.66. The molecule has 0 aliphatic carbocycles. The molecule has 0 unspecified atom stereocenters. The number of nitrogens with one attached hydrogen (secondary N) is 1. The Hall–Kier alpha value is -1.84. The molecule has 0 bridgehead atoms. The van der Waals surface area contributed by atoms with Crippen molar-refractivity contribution in [1.82, 2.24) is 5.32 Å². The molecule has 0 spiro atoms. The van der Waals surface area contributed by atoms with E-state index in [0.717, 1.165) is 13.1 Å². The number of benzene rings is 2. The highest BCUT2D eigenvalue weighted by molar-refractivity contribution is 5.89. The van der Waals surface area contributed by atoms with E-state index in [1.807, 2.05) is 48.5 Å². The van der Waals surface area contributed by atoms with Crippen molar-refractivity contribution >= 4 is 18.4 Å². The molecule has 21 heavy (non-hydrogen) atoms. The Bertz CT molecular complexity index is 459. The minimum Gasteiger partial charge on any atom is -0.465 e. The van der Waals surface area contributed by atoms with Crippen molar-refractivity contribution < 1.29 is 9.53 Å². The summed E-state index contributed by atoms with van der Waals surface area (Å²) in [6.45, 7) is 3.83. The van der Waals surface area contributed by atoms with Crippen LogP contribution in [0.1, 0.15) is 22.8 Å². The van der Waals surface area contributed by atoms with Crippen molar-refractivity contribution in [2.75, 3.05) is 13.7 Å². The molecular weight excluding hydrogens is 286 g/mol. The second-order valence-corrected chi connectivity index (χ2v) is 4.12. The Balaban J connectivity index is 0.000000480. The number of esters is 1. The molecule has 0 amide bonds. The van der Waals surface area contributed by atoms with E-state index in [1.165, 1.54) is 12.7 Å². The number of ether oxygens (including phenoxy) is 1. The predicted octanol–water partition coefficient (Wildman–Crippen LogP) is 3.69. The van der Waals surface area contributed by atoms with Gasteiger partial charge in [0.15, 0.2) is 0 Å². The van der Waals surface area contributed by atoms with Gasteiger partial charge in [0.2, 0.25) is 0 Å². The molecule has 2 rings (SSSR count). The average Bonchev–Trinajstić information content (AvgIpc) is 2.55. The molecule has 0 aliphatic rings. The van der Waals surface area contributed by atoms with Gasteiger partial charge in [-0.05, 0) is 24.2 Å². The lowest BCUT2D eigenvalue weighted by atomic mass is 10.1. The van der Waals surface area contributed by atoms with Crippen LogP contribution in [0.25, 0.3) is 0 Å². The molecule has 2 aromatic rings. The van der Waals surface area contributed by atoms with Crippen LogP contribution in [0.15, 0.2) is 60.7 Å². The van der Waals surface area contributed by atoms with Crippen LogP contribution in [0.2, 0.25) is 0 Å². The van der Waals surface area contributed by atoms with Gasteiger partial charge in [-0.1, -0.05) is 55.5 Å². The zero-order valence-electron chi connectivity index (χ0n) is 12.4. The molecule has 3 nitrogen and oxygen atoms in total. The van der Waals surface area contributed by atoms with E-state index in [2.05, 4.69) is 17.0 Å². The molecule has 4 heteroatoms. The molecular formula is C17H22ClNO2. The van der Waals surface area contributed by atoms with E-state index in [4.69, 9.17) is 0 Å². The van der Waals surface area contributed by atoms with E-state index >= 15 is 0 Å². The summed E-state index contributed by atoms with van der Waals surface area (Å²) in [7, 11) is 1.38. The monoisotopic (exact) mass is 307 g/mol. The van der Waals surface area contributed by atoms with Gasteiger partial charge in [0.25, 0.3) is 0 Å². The summed E-state index contributed by atoms with van der Waals surface area (Å²) in [5.74, 6) is -0.292. The first kappa shape index (κ1) is 19.2. The minimum absolute atomic E-state index is 0. The van der Waals surface area contributed by atoms with Gasteiger partial charge in [-0.3, -0.25) is 0 Å². The highest BCUT2D eigenvalue weighted by Crippen LogP contribution is 2.05. The SMILES string of the molecule is CCNCc1ccc(C(=O)OC)cc1.Cl.c1ccccc1. The third kappa shape index (κ3) is 8.12. The van der Waals surface area contributed by atoms with Crippen LogP contribution in [0.4, 0.5) is 0 Å². The van der Waals surface area contributed by atoms with Crippen molar-refractivity contribution in [2.24, 2.45) is 0 Å². The molecule has 0 aromatic heterocycles. The fourth-order valence-electron chi connectivity index (χ4n) is 1.53. The number of rotatable bonds is 4. The van der Waals surface area contributed by atoms with Crippen LogP contribution >= 0.6 is 12.4 Å².